The lowest BCUT2D eigenvalue weighted by Crippen LogP contribution is -2.48. The number of nitrogens with one attached hydrogen (secondary N) is 1. The third-order valence-corrected chi connectivity index (χ3v) is 7.43. The molecule has 11 heteroatoms. The zero-order chi connectivity index (χ0) is 25.1. The Morgan fingerprint density at radius 2 is 1.88 bits per heavy atom. The molecule has 1 saturated carbocycles. The van der Waals surface area contributed by atoms with Gasteiger partial charge in [-0.2, -0.15) is 18.4 Å². The number of carbonyl (C=O) groups is 1. The van der Waals surface area contributed by atoms with Gasteiger partial charge in [0.15, 0.2) is 15.6 Å². The summed E-state index contributed by atoms with van der Waals surface area (Å²) in [6.45, 7) is 1.67. The van der Waals surface area contributed by atoms with Crippen LogP contribution >= 0.6 is 0 Å². The number of rotatable bonds is 10. The van der Waals surface area contributed by atoms with Gasteiger partial charge in [-0.3, -0.25) is 15.1 Å². The number of benzene rings is 1. The minimum Gasteiger partial charge on any atom is -0.298 e. The van der Waals surface area contributed by atoms with E-state index in [0.29, 0.717) is 24.0 Å². The highest BCUT2D eigenvalue weighted by atomic mass is 32.2. The minimum absolute atomic E-state index is 0.351. The van der Waals surface area contributed by atoms with Gasteiger partial charge in [-0.1, -0.05) is 12.1 Å². The average Bonchev–Trinajstić information content (AvgIpc) is 3.52. The van der Waals surface area contributed by atoms with Crippen LogP contribution in [0.3, 0.4) is 0 Å². The quantitative estimate of drug-likeness (QED) is 0.499. The molecular formula is C23H23F4N3O3S. The van der Waals surface area contributed by atoms with Crippen LogP contribution in [0.5, 0.6) is 0 Å². The summed E-state index contributed by atoms with van der Waals surface area (Å²) in [4.78, 5) is 16.9. The number of pyridine rings is 1. The number of alkyl halides is 3. The van der Waals surface area contributed by atoms with Crippen LogP contribution in [0.4, 0.5) is 17.6 Å². The van der Waals surface area contributed by atoms with E-state index in [0.717, 1.165) is 24.3 Å². The fourth-order valence-electron chi connectivity index (χ4n) is 3.60. The number of nitriles is 1. The summed E-state index contributed by atoms with van der Waals surface area (Å²) in [5.41, 5.74) is -0.330. The van der Waals surface area contributed by atoms with Crippen molar-refractivity contribution in [3.05, 3.63) is 65.2 Å². The first-order chi connectivity index (χ1) is 15.8. The number of aromatic nitrogens is 1. The first-order valence-corrected chi connectivity index (χ1v) is 12.3. The van der Waals surface area contributed by atoms with Gasteiger partial charge < -0.3 is 0 Å². The van der Waals surface area contributed by atoms with E-state index < -0.39 is 56.6 Å². The van der Waals surface area contributed by atoms with Crippen LogP contribution in [0.15, 0.2) is 42.7 Å². The Morgan fingerprint density at radius 3 is 2.41 bits per heavy atom. The number of sulfone groups is 1. The van der Waals surface area contributed by atoms with Crippen LogP contribution in [0.2, 0.25) is 0 Å². The molecule has 1 aromatic carbocycles. The van der Waals surface area contributed by atoms with Crippen LogP contribution in [-0.4, -0.2) is 37.2 Å². The van der Waals surface area contributed by atoms with Crippen molar-refractivity contribution in [2.24, 2.45) is 5.41 Å². The Kier molecular flexibility index (Phi) is 7.43. The van der Waals surface area contributed by atoms with Gasteiger partial charge >= 0.3 is 6.18 Å². The van der Waals surface area contributed by atoms with Crippen molar-refractivity contribution in [1.29, 1.82) is 5.26 Å². The van der Waals surface area contributed by atoms with Crippen LogP contribution < -0.4 is 5.32 Å². The Labute approximate surface area is 194 Å². The summed E-state index contributed by atoms with van der Waals surface area (Å²) in [7, 11) is -4.06. The molecule has 2 aromatic rings. The maximum Gasteiger partial charge on any atom is 0.407 e. The number of carbonyl (C=O) groups excluding carboxylic acids is 1. The second-order valence-corrected chi connectivity index (χ2v) is 10.7. The first kappa shape index (κ1) is 25.8. The largest absolute Gasteiger partial charge is 0.407 e. The van der Waals surface area contributed by atoms with Crippen LogP contribution in [0.25, 0.3) is 0 Å². The standard InChI is InChI=1S/C23H23F4N3O3S/c1-15-6-9-29-11-17(15)12-34(32,33)13-19(20(31)10-22(14-28)7-8-22)30-21(23(25,26)27)16-2-4-18(24)5-3-16/h2-6,9,11,19,21,30H,7-8,10,12-13H2,1H3/t19-,21-/m0/s1. The number of hydrogen-bond donors (Lipinski definition) is 1. The highest BCUT2D eigenvalue weighted by Crippen LogP contribution is 2.48. The average molecular weight is 498 g/mol. The molecule has 1 aliphatic carbocycles. The molecule has 1 aliphatic rings. The molecule has 1 N–H and O–H groups in total. The second kappa shape index (κ2) is 9.80. The Morgan fingerprint density at radius 1 is 1.24 bits per heavy atom. The normalized spacial score (nSPS) is 16.9. The molecule has 2 atom stereocenters. The van der Waals surface area contributed by atoms with Gasteiger partial charge in [0.05, 0.1) is 29.0 Å². The third kappa shape index (κ3) is 6.61. The smallest absolute Gasteiger partial charge is 0.298 e. The van der Waals surface area contributed by atoms with Gasteiger partial charge in [0, 0.05) is 18.8 Å². The molecule has 34 heavy (non-hydrogen) atoms. The molecule has 0 bridgehead atoms. The summed E-state index contributed by atoms with van der Waals surface area (Å²) in [5, 5.41) is 11.5. The molecule has 182 valence electrons. The van der Waals surface area contributed by atoms with Crippen molar-refractivity contribution in [3.8, 4) is 6.07 Å². The highest BCUT2D eigenvalue weighted by Gasteiger charge is 2.48. The zero-order valence-corrected chi connectivity index (χ0v) is 19.1. The van der Waals surface area contributed by atoms with E-state index in [9.17, 15) is 36.0 Å². The predicted molar refractivity (Wildman–Crippen MR) is 115 cm³/mol. The monoisotopic (exact) mass is 497 g/mol. The minimum atomic E-state index is -4.90. The molecule has 0 spiro atoms. The maximum absolute atomic E-state index is 13.9. The van der Waals surface area contributed by atoms with Gasteiger partial charge in [-0.05, 0) is 54.7 Å². The number of hydrogen-bond acceptors (Lipinski definition) is 6. The van der Waals surface area contributed by atoms with Crippen LogP contribution in [-0.2, 0) is 20.4 Å². The third-order valence-electron chi connectivity index (χ3n) is 5.83. The Hall–Kier alpha value is -2.84. The highest BCUT2D eigenvalue weighted by molar-refractivity contribution is 7.90. The molecule has 1 aromatic heterocycles. The summed E-state index contributed by atoms with van der Waals surface area (Å²) in [6, 6.07) is 3.02. The lowest BCUT2D eigenvalue weighted by atomic mass is 9.96. The van der Waals surface area contributed by atoms with E-state index in [-0.39, 0.29) is 12.0 Å². The Bertz CT molecular complexity index is 1190. The predicted octanol–water partition coefficient (Wildman–Crippen LogP) is 3.97. The zero-order valence-electron chi connectivity index (χ0n) is 18.3. The molecule has 0 unspecified atom stereocenters. The van der Waals surface area contributed by atoms with E-state index in [2.05, 4.69) is 10.3 Å². The fraction of sp³-hybridized carbons (Fsp3) is 0.435. The van der Waals surface area contributed by atoms with Gasteiger partial charge in [-0.15, -0.1) is 0 Å². The van der Waals surface area contributed by atoms with Crippen LogP contribution in [0, 0.1) is 29.5 Å². The molecule has 0 saturated heterocycles. The van der Waals surface area contributed by atoms with Crippen molar-refractivity contribution < 1.29 is 30.8 Å². The molecule has 1 heterocycles. The van der Waals surface area contributed by atoms with E-state index >= 15 is 0 Å². The van der Waals surface area contributed by atoms with Gasteiger partial charge in [0.1, 0.15) is 11.9 Å². The molecule has 1 fully saturated rings. The molecule has 3 rings (SSSR count). The second-order valence-electron chi connectivity index (χ2n) is 8.64. The van der Waals surface area contributed by atoms with Gasteiger partial charge in [-0.25, -0.2) is 12.8 Å². The van der Waals surface area contributed by atoms with E-state index in [1.807, 2.05) is 6.07 Å². The number of halogens is 4. The maximum atomic E-state index is 13.9. The van der Waals surface area contributed by atoms with E-state index in [1.165, 1.54) is 12.4 Å². The fourth-order valence-corrected chi connectivity index (χ4v) is 5.29. The molecule has 0 radical (unpaired) electrons. The number of Topliss-reactive ketones (excluding diaryl/α,β-unsaturated/α-hetero) is 1. The van der Waals surface area contributed by atoms with Crippen molar-refractivity contribution in [2.45, 2.75) is 50.2 Å². The van der Waals surface area contributed by atoms with Crippen molar-refractivity contribution in [2.75, 3.05) is 5.75 Å². The van der Waals surface area contributed by atoms with Crippen molar-refractivity contribution in [3.63, 3.8) is 0 Å². The summed E-state index contributed by atoms with van der Waals surface area (Å²) >= 11 is 0. The lowest BCUT2D eigenvalue weighted by molar-refractivity contribution is -0.160. The summed E-state index contributed by atoms with van der Waals surface area (Å²) in [5.74, 6) is -2.93. The molecular weight excluding hydrogens is 474 g/mol. The van der Waals surface area contributed by atoms with Gasteiger partial charge in [0.25, 0.3) is 0 Å². The SMILES string of the molecule is Cc1ccncc1CS(=O)(=O)C[C@H](N[C@@H](c1ccc(F)cc1)C(F)(F)F)C(=O)CC1(C#N)CC1. The molecule has 0 aliphatic heterocycles. The number of ketones is 1. The van der Waals surface area contributed by atoms with Crippen LogP contribution in [0.1, 0.15) is 42.0 Å². The first-order valence-electron chi connectivity index (χ1n) is 10.5. The number of aryl methyl sites for hydroxylation is 1. The lowest BCUT2D eigenvalue weighted by Gasteiger charge is -2.27. The van der Waals surface area contributed by atoms with Crippen molar-refractivity contribution in [1.82, 2.24) is 10.3 Å². The van der Waals surface area contributed by atoms with E-state index in [1.54, 1.807) is 13.0 Å². The van der Waals surface area contributed by atoms with Gasteiger partial charge in [0.2, 0.25) is 0 Å². The summed E-state index contributed by atoms with van der Waals surface area (Å²) in [6.07, 6.45) is -1.58. The van der Waals surface area contributed by atoms with E-state index in [4.69, 9.17) is 0 Å². The topological polar surface area (TPSA) is 99.9 Å². The molecule has 0 amide bonds. The summed E-state index contributed by atoms with van der Waals surface area (Å²) < 4.78 is 80.8. The Balaban J connectivity index is 1.90. The van der Waals surface area contributed by atoms with Crippen molar-refractivity contribution >= 4 is 15.6 Å². The molecule has 6 nitrogen and oxygen atoms in total. The number of nitrogens with zero attached hydrogens (tertiary/aromatic N) is 2.